The summed E-state index contributed by atoms with van der Waals surface area (Å²) in [6, 6.07) is 9.94. The molecule has 2 aliphatic rings. The van der Waals surface area contributed by atoms with Gasteiger partial charge in [-0.1, -0.05) is 58.5 Å². The summed E-state index contributed by atoms with van der Waals surface area (Å²) in [6.45, 7) is 4.89. The number of benzene rings is 2. The van der Waals surface area contributed by atoms with Crippen LogP contribution in [0.2, 0.25) is 20.1 Å². The van der Waals surface area contributed by atoms with Crippen molar-refractivity contribution in [3.8, 4) is 0 Å². The summed E-state index contributed by atoms with van der Waals surface area (Å²) in [5.41, 5.74) is 0.456. The Kier molecular flexibility index (Phi) is 9.88. The standard InChI is InChI=1S/C28H33Cl4N3O3/c1-28(19-5-7-22(30)24(32)16-19,27(38)33-25(17-36)18-4-6-21(29)23(31)15-18)10-14-34-12-8-20(9-13-34)35-11-2-3-26(35)37/h4-7,15-16,20,25,36H,2-3,8-14,17H2,1H3,(H,33,38). The van der Waals surface area contributed by atoms with Gasteiger partial charge < -0.3 is 20.2 Å². The SMILES string of the molecule is CC(CCN1CCC(N2CCCC2=O)CC1)(C(=O)NC(CO)c1ccc(Cl)c(Cl)c1)c1ccc(Cl)c(Cl)c1. The van der Waals surface area contributed by atoms with Crippen LogP contribution in [0.25, 0.3) is 0 Å². The fraction of sp³-hybridized carbons (Fsp3) is 0.500. The predicted molar refractivity (Wildman–Crippen MR) is 153 cm³/mol. The van der Waals surface area contributed by atoms with E-state index in [-0.39, 0.29) is 18.4 Å². The molecule has 2 aromatic rings. The summed E-state index contributed by atoms with van der Waals surface area (Å²) in [5, 5.41) is 14.7. The first kappa shape index (κ1) is 29.4. The Morgan fingerprint density at radius 3 is 2.26 bits per heavy atom. The molecule has 0 spiro atoms. The number of rotatable bonds is 9. The third-order valence-electron chi connectivity index (χ3n) is 7.93. The van der Waals surface area contributed by atoms with Crippen molar-refractivity contribution in [3.63, 3.8) is 0 Å². The number of hydrogen-bond acceptors (Lipinski definition) is 4. The topological polar surface area (TPSA) is 72.9 Å². The molecule has 6 nitrogen and oxygen atoms in total. The van der Waals surface area contributed by atoms with Gasteiger partial charge in [0.25, 0.3) is 0 Å². The first-order chi connectivity index (χ1) is 18.1. The zero-order valence-corrected chi connectivity index (χ0v) is 24.4. The number of carbonyl (C=O) groups excluding carboxylic acids is 2. The number of aliphatic hydroxyl groups excluding tert-OH is 1. The van der Waals surface area contributed by atoms with Crippen LogP contribution in [0.15, 0.2) is 36.4 Å². The summed E-state index contributed by atoms with van der Waals surface area (Å²) in [4.78, 5) is 30.4. The van der Waals surface area contributed by atoms with Crippen molar-refractivity contribution >= 4 is 58.2 Å². The minimum absolute atomic E-state index is 0.237. The average Bonchev–Trinajstić information content (AvgIpc) is 3.34. The first-order valence-corrected chi connectivity index (χ1v) is 14.5. The molecule has 2 heterocycles. The van der Waals surface area contributed by atoms with E-state index >= 15 is 0 Å². The van der Waals surface area contributed by atoms with Crippen molar-refractivity contribution in [3.05, 3.63) is 67.6 Å². The van der Waals surface area contributed by atoms with Crippen LogP contribution in [0, 0.1) is 0 Å². The summed E-state index contributed by atoms with van der Waals surface area (Å²) >= 11 is 24.8. The van der Waals surface area contributed by atoms with Gasteiger partial charge in [-0.25, -0.2) is 0 Å². The molecule has 2 N–H and O–H groups in total. The van der Waals surface area contributed by atoms with Crippen LogP contribution in [-0.2, 0) is 15.0 Å². The van der Waals surface area contributed by atoms with Gasteiger partial charge in [-0.2, -0.15) is 0 Å². The number of amides is 2. The van der Waals surface area contributed by atoms with Gasteiger partial charge >= 0.3 is 0 Å². The lowest BCUT2D eigenvalue weighted by Gasteiger charge is -2.38. The number of nitrogens with one attached hydrogen (secondary N) is 1. The van der Waals surface area contributed by atoms with E-state index in [1.165, 1.54) is 0 Å². The molecule has 2 fully saturated rings. The number of piperidine rings is 1. The molecule has 0 aromatic heterocycles. The molecular weight excluding hydrogens is 568 g/mol. The van der Waals surface area contributed by atoms with E-state index in [2.05, 4.69) is 10.2 Å². The maximum absolute atomic E-state index is 13.9. The number of nitrogens with zero attached hydrogens (tertiary/aromatic N) is 2. The maximum atomic E-state index is 13.9. The summed E-state index contributed by atoms with van der Waals surface area (Å²) in [5.74, 6) is 0.0336. The molecule has 0 aliphatic carbocycles. The van der Waals surface area contributed by atoms with Crippen LogP contribution in [0.5, 0.6) is 0 Å². The molecule has 0 bridgehead atoms. The van der Waals surface area contributed by atoms with E-state index in [1.54, 1.807) is 30.3 Å². The van der Waals surface area contributed by atoms with Gasteiger partial charge in [-0.3, -0.25) is 9.59 Å². The lowest BCUT2D eigenvalue weighted by Crippen LogP contribution is -2.49. The molecule has 206 valence electrons. The minimum Gasteiger partial charge on any atom is -0.394 e. The van der Waals surface area contributed by atoms with Crippen molar-refractivity contribution in [1.29, 1.82) is 0 Å². The Morgan fingerprint density at radius 1 is 1.03 bits per heavy atom. The number of carbonyl (C=O) groups is 2. The van der Waals surface area contributed by atoms with Crippen LogP contribution in [0.1, 0.15) is 56.2 Å². The van der Waals surface area contributed by atoms with Crippen LogP contribution in [-0.4, -0.2) is 65.5 Å². The quantitative estimate of drug-likeness (QED) is 0.377. The highest BCUT2D eigenvalue weighted by Gasteiger charge is 2.38. The number of aliphatic hydroxyl groups is 1. The molecule has 0 radical (unpaired) electrons. The summed E-state index contributed by atoms with van der Waals surface area (Å²) in [7, 11) is 0. The van der Waals surface area contributed by atoms with E-state index in [4.69, 9.17) is 46.4 Å². The highest BCUT2D eigenvalue weighted by molar-refractivity contribution is 6.42. The third kappa shape index (κ3) is 6.60. The van der Waals surface area contributed by atoms with Gasteiger partial charge in [0.15, 0.2) is 0 Å². The summed E-state index contributed by atoms with van der Waals surface area (Å²) < 4.78 is 0. The molecule has 10 heteroatoms. The highest BCUT2D eigenvalue weighted by atomic mass is 35.5. The number of likely N-dealkylation sites (tertiary alicyclic amines) is 2. The van der Waals surface area contributed by atoms with Crippen LogP contribution >= 0.6 is 46.4 Å². The molecule has 2 unspecified atom stereocenters. The maximum Gasteiger partial charge on any atom is 0.230 e. The van der Waals surface area contributed by atoms with E-state index in [9.17, 15) is 14.7 Å². The van der Waals surface area contributed by atoms with Crippen molar-refractivity contribution in [2.75, 3.05) is 32.8 Å². The smallest absolute Gasteiger partial charge is 0.230 e. The van der Waals surface area contributed by atoms with Gasteiger partial charge in [-0.05, 0) is 74.5 Å². The lowest BCUT2D eigenvalue weighted by atomic mass is 9.78. The second-order valence-electron chi connectivity index (χ2n) is 10.4. The predicted octanol–water partition coefficient (Wildman–Crippen LogP) is 5.88. The molecule has 4 rings (SSSR count). The molecule has 2 saturated heterocycles. The molecule has 0 saturated carbocycles. The van der Waals surface area contributed by atoms with Crippen molar-refractivity contribution in [1.82, 2.24) is 15.1 Å². The zero-order chi connectivity index (χ0) is 27.4. The Labute approximate surface area is 244 Å². The van der Waals surface area contributed by atoms with Crippen molar-refractivity contribution in [2.24, 2.45) is 0 Å². The normalized spacial score (nSPS) is 19.4. The fourth-order valence-corrected chi connectivity index (χ4v) is 6.01. The van der Waals surface area contributed by atoms with Crippen LogP contribution in [0.3, 0.4) is 0 Å². The number of hydrogen-bond donors (Lipinski definition) is 2. The lowest BCUT2D eigenvalue weighted by molar-refractivity contribution is -0.131. The Morgan fingerprint density at radius 2 is 1.68 bits per heavy atom. The molecule has 38 heavy (non-hydrogen) atoms. The molecule has 2 amide bonds. The Bertz CT molecular complexity index is 1170. The summed E-state index contributed by atoms with van der Waals surface area (Å²) in [6.07, 6.45) is 4.02. The van der Waals surface area contributed by atoms with Crippen molar-refractivity contribution in [2.45, 2.75) is 56.5 Å². The molecular formula is C28H33Cl4N3O3. The average molecular weight is 601 g/mol. The van der Waals surface area contributed by atoms with E-state index in [1.807, 2.05) is 17.9 Å². The second kappa shape index (κ2) is 12.8. The Balaban J connectivity index is 1.49. The van der Waals surface area contributed by atoms with Crippen LogP contribution < -0.4 is 5.32 Å². The van der Waals surface area contributed by atoms with E-state index in [0.717, 1.165) is 44.5 Å². The largest absolute Gasteiger partial charge is 0.394 e. The first-order valence-electron chi connectivity index (χ1n) is 13.0. The number of halogens is 4. The minimum atomic E-state index is -0.945. The van der Waals surface area contributed by atoms with E-state index in [0.29, 0.717) is 51.1 Å². The highest BCUT2D eigenvalue weighted by Crippen LogP contribution is 2.35. The fourth-order valence-electron chi connectivity index (χ4n) is 5.40. The van der Waals surface area contributed by atoms with Crippen LogP contribution in [0.4, 0.5) is 0 Å². The monoisotopic (exact) mass is 599 g/mol. The van der Waals surface area contributed by atoms with E-state index < -0.39 is 11.5 Å². The van der Waals surface area contributed by atoms with Gasteiger partial charge in [0.1, 0.15) is 0 Å². The Hall–Kier alpha value is -1.54. The van der Waals surface area contributed by atoms with Gasteiger partial charge in [0.2, 0.25) is 11.8 Å². The zero-order valence-electron chi connectivity index (χ0n) is 21.4. The molecule has 2 aliphatic heterocycles. The molecule has 2 atom stereocenters. The van der Waals surface area contributed by atoms with Crippen molar-refractivity contribution < 1.29 is 14.7 Å². The van der Waals surface area contributed by atoms with Gasteiger partial charge in [0, 0.05) is 32.1 Å². The second-order valence-corrected chi connectivity index (χ2v) is 12.0. The third-order valence-corrected chi connectivity index (χ3v) is 9.41. The van der Waals surface area contributed by atoms with Gasteiger partial charge in [-0.15, -0.1) is 0 Å². The molecule has 2 aromatic carbocycles. The van der Waals surface area contributed by atoms with Gasteiger partial charge in [0.05, 0.1) is 38.2 Å².